The number of rotatable bonds is 4. The molecule has 2 rings (SSSR count). The smallest absolute Gasteiger partial charge is 0.270 e. The minimum atomic E-state index is -0.245. The molecule has 0 radical (unpaired) electrons. The molecule has 1 aliphatic rings. The summed E-state index contributed by atoms with van der Waals surface area (Å²) in [5.41, 5.74) is 7.23. The maximum atomic E-state index is 12.5. The van der Waals surface area contributed by atoms with Crippen molar-refractivity contribution in [3.63, 3.8) is 0 Å². The second-order valence-electron chi connectivity index (χ2n) is 6.13. The van der Waals surface area contributed by atoms with Gasteiger partial charge in [-0.25, -0.2) is 0 Å². The molecule has 5 nitrogen and oxygen atoms in total. The second kappa shape index (κ2) is 5.95. The number of hydrogen-bond acceptors (Lipinski definition) is 3. The van der Waals surface area contributed by atoms with Gasteiger partial charge in [0.1, 0.15) is 5.69 Å². The Balaban J connectivity index is 2.16. The second-order valence-corrected chi connectivity index (χ2v) is 6.13. The minimum absolute atomic E-state index is 0.0491. The van der Waals surface area contributed by atoms with Crippen molar-refractivity contribution in [2.75, 3.05) is 6.54 Å². The zero-order chi connectivity index (χ0) is 14.8. The zero-order valence-electron chi connectivity index (χ0n) is 12.8. The van der Waals surface area contributed by atoms with Gasteiger partial charge < -0.3 is 11.1 Å². The van der Waals surface area contributed by atoms with E-state index in [4.69, 9.17) is 5.73 Å². The van der Waals surface area contributed by atoms with E-state index in [9.17, 15) is 4.79 Å². The summed E-state index contributed by atoms with van der Waals surface area (Å²) in [6.45, 7) is 7.33. The molecule has 1 aromatic heterocycles. The van der Waals surface area contributed by atoms with Crippen LogP contribution in [0.3, 0.4) is 0 Å². The van der Waals surface area contributed by atoms with Gasteiger partial charge in [-0.05, 0) is 38.7 Å². The summed E-state index contributed by atoms with van der Waals surface area (Å²) in [6.07, 6.45) is 4.29. The van der Waals surface area contributed by atoms with Crippen LogP contribution in [0.1, 0.15) is 55.7 Å². The fraction of sp³-hybridized carbons (Fsp3) is 0.733. The molecule has 1 fully saturated rings. The molecule has 112 valence electrons. The van der Waals surface area contributed by atoms with Crippen LogP contribution < -0.4 is 11.1 Å². The molecule has 0 saturated heterocycles. The molecule has 1 amide bonds. The van der Waals surface area contributed by atoms with E-state index < -0.39 is 0 Å². The number of amides is 1. The average Bonchev–Trinajstić information content (AvgIpc) is 2.80. The number of nitrogens with one attached hydrogen (secondary N) is 1. The Bertz CT molecular complexity index is 482. The van der Waals surface area contributed by atoms with Crippen LogP contribution in [-0.4, -0.2) is 27.8 Å². The van der Waals surface area contributed by atoms with Crippen LogP contribution in [0.4, 0.5) is 0 Å². The van der Waals surface area contributed by atoms with E-state index in [0.717, 1.165) is 25.0 Å². The highest BCUT2D eigenvalue weighted by Crippen LogP contribution is 2.31. The molecule has 20 heavy (non-hydrogen) atoms. The van der Waals surface area contributed by atoms with Crippen molar-refractivity contribution >= 4 is 5.91 Å². The SMILES string of the molecule is CCn1nc(C)cc1C(=O)NC1(CN)CCCC(C)C1. The number of nitrogens with zero attached hydrogens (tertiary/aromatic N) is 2. The monoisotopic (exact) mass is 278 g/mol. The van der Waals surface area contributed by atoms with Gasteiger partial charge in [-0.15, -0.1) is 0 Å². The van der Waals surface area contributed by atoms with Crippen molar-refractivity contribution in [2.24, 2.45) is 11.7 Å². The maximum Gasteiger partial charge on any atom is 0.270 e. The molecule has 5 heteroatoms. The van der Waals surface area contributed by atoms with Crippen molar-refractivity contribution in [3.8, 4) is 0 Å². The van der Waals surface area contributed by atoms with Crippen LogP contribution in [0.25, 0.3) is 0 Å². The largest absolute Gasteiger partial charge is 0.344 e. The summed E-state index contributed by atoms with van der Waals surface area (Å²) in [5, 5.41) is 7.52. The third-order valence-corrected chi connectivity index (χ3v) is 4.30. The topological polar surface area (TPSA) is 72.9 Å². The molecule has 3 N–H and O–H groups in total. The molecular formula is C15H26N4O. The number of carbonyl (C=O) groups excluding carboxylic acids is 1. The van der Waals surface area contributed by atoms with Crippen LogP contribution in [0.15, 0.2) is 6.07 Å². The summed E-state index contributed by atoms with van der Waals surface area (Å²) >= 11 is 0. The molecule has 2 atom stereocenters. The Morgan fingerprint density at radius 1 is 1.65 bits per heavy atom. The van der Waals surface area contributed by atoms with E-state index >= 15 is 0 Å². The molecule has 1 aliphatic carbocycles. The van der Waals surface area contributed by atoms with Crippen molar-refractivity contribution in [3.05, 3.63) is 17.5 Å². The summed E-state index contributed by atoms with van der Waals surface area (Å²) < 4.78 is 1.75. The lowest BCUT2D eigenvalue weighted by molar-refractivity contribution is 0.0843. The van der Waals surface area contributed by atoms with Crippen LogP contribution in [0.2, 0.25) is 0 Å². The van der Waals surface area contributed by atoms with Crippen LogP contribution in [0.5, 0.6) is 0 Å². The molecular weight excluding hydrogens is 252 g/mol. The third kappa shape index (κ3) is 3.03. The fourth-order valence-electron chi connectivity index (χ4n) is 3.28. The number of aryl methyl sites for hydroxylation is 2. The summed E-state index contributed by atoms with van der Waals surface area (Å²) in [4.78, 5) is 12.5. The Morgan fingerprint density at radius 2 is 2.40 bits per heavy atom. The lowest BCUT2D eigenvalue weighted by atomic mass is 9.76. The van der Waals surface area contributed by atoms with Crippen molar-refractivity contribution in [1.29, 1.82) is 0 Å². The molecule has 2 unspecified atom stereocenters. The fourth-order valence-corrected chi connectivity index (χ4v) is 3.28. The molecule has 1 aromatic rings. The Kier molecular flexibility index (Phi) is 4.48. The van der Waals surface area contributed by atoms with Crippen molar-refractivity contribution in [1.82, 2.24) is 15.1 Å². The van der Waals surface area contributed by atoms with Crippen molar-refractivity contribution in [2.45, 2.75) is 58.5 Å². The van der Waals surface area contributed by atoms with Gasteiger partial charge in [0.25, 0.3) is 5.91 Å². The van der Waals surface area contributed by atoms with Crippen LogP contribution in [-0.2, 0) is 6.54 Å². The first kappa shape index (κ1) is 15.0. The normalized spacial score (nSPS) is 26.5. The standard InChI is InChI=1S/C15H26N4O/c1-4-19-13(8-12(3)18-19)14(20)17-15(10-16)7-5-6-11(2)9-15/h8,11H,4-7,9-10,16H2,1-3H3,(H,17,20). The predicted octanol–water partition coefficient (Wildman–Crippen LogP) is 1.85. The van der Waals surface area contributed by atoms with E-state index in [-0.39, 0.29) is 11.4 Å². The van der Waals surface area contributed by atoms with E-state index in [2.05, 4.69) is 17.3 Å². The van der Waals surface area contributed by atoms with Gasteiger partial charge >= 0.3 is 0 Å². The highest BCUT2D eigenvalue weighted by molar-refractivity contribution is 5.93. The summed E-state index contributed by atoms with van der Waals surface area (Å²) in [6, 6.07) is 1.84. The van der Waals surface area contributed by atoms with Crippen molar-refractivity contribution < 1.29 is 4.79 Å². The first-order valence-corrected chi connectivity index (χ1v) is 7.56. The van der Waals surface area contributed by atoms with E-state index in [1.807, 2.05) is 19.9 Å². The first-order chi connectivity index (χ1) is 9.49. The van der Waals surface area contributed by atoms with E-state index in [1.54, 1.807) is 4.68 Å². The minimum Gasteiger partial charge on any atom is -0.344 e. The molecule has 1 saturated carbocycles. The number of carbonyl (C=O) groups is 1. The van der Waals surface area contributed by atoms with Crippen LogP contribution in [0, 0.1) is 12.8 Å². The molecule has 0 spiro atoms. The molecule has 1 heterocycles. The van der Waals surface area contributed by atoms with E-state index in [0.29, 0.717) is 24.7 Å². The molecule has 0 aliphatic heterocycles. The lowest BCUT2D eigenvalue weighted by Crippen LogP contribution is -2.56. The van der Waals surface area contributed by atoms with Crippen LogP contribution >= 0.6 is 0 Å². The quantitative estimate of drug-likeness (QED) is 0.882. The molecule has 0 aromatic carbocycles. The maximum absolute atomic E-state index is 12.5. The first-order valence-electron chi connectivity index (χ1n) is 7.56. The zero-order valence-corrected chi connectivity index (χ0v) is 12.8. The average molecular weight is 278 g/mol. The van der Waals surface area contributed by atoms with Gasteiger partial charge in [0.15, 0.2) is 0 Å². The van der Waals surface area contributed by atoms with E-state index in [1.165, 1.54) is 6.42 Å². The lowest BCUT2D eigenvalue weighted by Gasteiger charge is -2.40. The third-order valence-electron chi connectivity index (χ3n) is 4.30. The Labute approximate surface area is 120 Å². The summed E-state index contributed by atoms with van der Waals surface area (Å²) in [5.74, 6) is 0.567. The number of aromatic nitrogens is 2. The van der Waals surface area contributed by atoms with Gasteiger partial charge in [-0.3, -0.25) is 9.48 Å². The Morgan fingerprint density at radius 3 is 3.00 bits per heavy atom. The predicted molar refractivity (Wildman–Crippen MR) is 79.5 cm³/mol. The summed E-state index contributed by atoms with van der Waals surface area (Å²) in [7, 11) is 0. The highest BCUT2D eigenvalue weighted by Gasteiger charge is 2.35. The van der Waals surface area contributed by atoms with Gasteiger partial charge in [-0.2, -0.15) is 5.10 Å². The number of hydrogen-bond donors (Lipinski definition) is 2. The van der Waals surface area contributed by atoms with Gasteiger partial charge in [0.2, 0.25) is 0 Å². The Hall–Kier alpha value is -1.36. The number of nitrogens with two attached hydrogens (primary N) is 1. The van der Waals surface area contributed by atoms with Gasteiger partial charge in [0.05, 0.1) is 11.2 Å². The van der Waals surface area contributed by atoms with Gasteiger partial charge in [-0.1, -0.05) is 19.8 Å². The molecule has 0 bridgehead atoms. The highest BCUT2D eigenvalue weighted by atomic mass is 16.2. The van der Waals surface area contributed by atoms with Gasteiger partial charge in [0, 0.05) is 13.1 Å².